The smallest absolute Gasteiger partial charge is 0.230 e. The van der Waals surface area contributed by atoms with Gasteiger partial charge in [0.1, 0.15) is 23.0 Å². The highest BCUT2D eigenvalue weighted by Gasteiger charge is 2.13. The third kappa shape index (κ3) is 6.47. The van der Waals surface area contributed by atoms with Crippen LogP contribution in [0, 0.1) is 28.6 Å². The van der Waals surface area contributed by atoms with Crippen molar-refractivity contribution in [2.45, 2.75) is 51.1 Å². The maximum Gasteiger partial charge on any atom is 0.230 e. The van der Waals surface area contributed by atoms with E-state index in [1.54, 1.807) is 0 Å². The lowest BCUT2D eigenvalue weighted by Gasteiger charge is -2.14. The molecule has 1 amide bonds. The Balaban J connectivity index is 2.54. The summed E-state index contributed by atoms with van der Waals surface area (Å²) in [5.41, 5.74) is 6.08. The van der Waals surface area contributed by atoms with Crippen LogP contribution in [0.3, 0.4) is 0 Å². The predicted octanol–water partition coefficient (Wildman–Crippen LogP) is 2.83. The summed E-state index contributed by atoms with van der Waals surface area (Å²) < 4.78 is 0. The molecule has 0 aromatic carbocycles. The lowest BCUT2D eigenvalue weighted by Crippen LogP contribution is -2.33. The standard InChI is InChI=1S/C17H23N5OS/c1-11(2)5-4-6-12(3)21-15(23)10-24-17-14(9-19)7-13(8-18)16(20)22-17/h7,11-12H,4-6,10H2,1-3H3,(H2,20,22)(H,21,23)/t12-/m1/s1. The molecule has 1 atom stereocenters. The van der Waals surface area contributed by atoms with Gasteiger partial charge in [-0.15, -0.1) is 0 Å². The second kappa shape index (κ2) is 9.79. The minimum Gasteiger partial charge on any atom is -0.383 e. The minimum atomic E-state index is -0.106. The van der Waals surface area contributed by atoms with Crippen molar-refractivity contribution in [1.29, 1.82) is 10.5 Å². The van der Waals surface area contributed by atoms with Crippen LogP contribution in [0.1, 0.15) is 51.2 Å². The van der Waals surface area contributed by atoms with Gasteiger partial charge in [0.2, 0.25) is 5.91 Å². The van der Waals surface area contributed by atoms with Crippen molar-refractivity contribution >= 4 is 23.5 Å². The highest BCUT2D eigenvalue weighted by atomic mass is 32.2. The number of nitrogens with zero attached hydrogens (tertiary/aromatic N) is 3. The molecule has 1 heterocycles. The molecule has 0 radical (unpaired) electrons. The molecule has 0 aliphatic rings. The molecule has 0 aliphatic heterocycles. The topological polar surface area (TPSA) is 116 Å². The molecular weight excluding hydrogens is 322 g/mol. The molecule has 24 heavy (non-hydrogen) atoms. The van der Waals surface area contributed by atoms with Crippen LogP contribution >= 0.6 is 11.8 Å². The number of carbonyl (C=O) groups is 1. The van der Waals surface area contributed by atoms with E-state index in [4.69, 9.17) is 16.3 Å². The average molecular weight is 345 g/mol. The van der Waals surface area contributed by atoms with E-state index in [2.05, 4.69) is 24.1 Å². The van der Waals surface area contributed by atoms with Crippen LogP contribution in [0.2, 0.25) is 0 Å². The maximum absolute atomic E-state index is 12.0. The molecule has 0 saturated carbocycles. The molecule has 0 fully saturated rings. The summed E-state index contributed by atoms with van der Waals surface area (Å²) >= 11 is 1.15. The number of amides is 1. The molecule has 1 aromatic heterocycles. The molecule has 128 valence electrons. The Morgan fingerprint density at radius 2 is 1.96 bits per heavy atom. The lowest BCUT2D eigenvalue weighted by molar-refractivity contribution is -0.119. The Kier molecular flexibility index (Phi) is 8.08. The number of hydrogen-bond acceptors (Lipinski definition) is 6. The fourth-order valence-corrected chi connectivity index (χ4v) is 2.92. The van der Waals surface area contributed by atoms with E-state index in [9.17, 15) is 4.79 Å². The second-order valence-corrected chi connectivity index (χ2v) is 7.04. The molecule has 7 heteroatoms. The fraction of sp³-hybridized carbons (Fsp3) is 0.529. The number of hydrogen-bond donors (Lipinski definition) is 2. The van der Waals surface area contributed by atoms with Crippen molar-refractivity contribution in [1.82, 2.24) is 10.3 Å². The number of carbonyl (C=O) groups excluding carboxylic acids is 1. The van der Waals surface area contributed by atoms with Gasteiger partial charge in [0.25, 0.3) is 0 Å². The van der Waals surface area contributed by atoms with Crippen LogP contribution < -0.4 is 11.1 Å². The molecule has 3 N–H and O–H groups in total. The number of thioether (sulfide) groups is 1. The van der Waals surface area contributed by atoms with E-state index in [0.29, 0.717) is 10.9 Å². The number of anilines is 1. The van der Waals surface area contributed by atoms with Crippen molar-refractivity contribution in [2.75, 3.05) is 11.5 Å². The highest BCUT2D eigenvalue weighted by molar-refractivity contribution is 8.00. The zero-order valence-corrected chi connectivity index (χ0v) is 15.1. The molecule has 0 aliphatic carbocycles. The lowest BCUT2D eigenvalue weighted by atomic mass is 10.0. The van der Waals surface area contributed by atoms with Gasteiger partial charge in [0.15, 0.2) is 0 Å². The van der Waals surface area contributed by atoms with Crippen molar-refractivity contribution in [2.24, 2.45) is 5.92 Å². The summed E-state index contributed by atoms with van der Waals surface area (Å²) in [7, 11) is 0. The van der Waals surface area contributed by atoms with Gasteiger partial charge in [-0.2, -0.15) is 10.5 Å². The number of nitrogens with two attached hydrogens (primary N) is 1. The number of nitrogens with one attached hydrogen (secondary N) is 1. The number of pyridine rings is 1. The van der Waals surface area contributed by atoms with Gasteiger partial charge in [-0.1, -0.05) is 38.5 Å². The Bertz CT molecular complexity index is 660. The van der Waals surface area contributed by atoms with Crippen molar-refractivity contribution < 1.29 is 4.79 Å². The maximum atomic E-state index is 12.0. The van der Waals surface area contributed by atoms with Crippen molar-refractivity contribution in [3.05, 3.63) is 17.2 Å². The first-order valence-electron chi connectivity index (χ1n) is 7.90. The number of aromatic nitrogens is 1. The quantitative estimate of drug-likeness (QED) is 0.700. The zero-order valence-electron chi connectivity index (χ0n) is 14.3. The van der Waals surface area contributed by atoms with Crippen LogP contribution in [0.25, 0.3) is 0 Å². The van der Waals surface area contributed by atoms with Crippen LogP contribution in [-0.2, 0) is 4.79 Å². The predicted molar refractivity (Wildman–Crippen MR) is 95.1 cm³/mol. The number of nitriles is 2. The van der Waals surface area contributed by atoms with Gasteiger partial charge in [-0.25, -0.2) is 4.98 Å². The van der Waals surface area contributed by atoms with Gasteiger partial charge in [0, 0.05) is 6.04 Å². The van der Waals surface area contributed by atoms with E-state index >= 15 is 0 Å². The van der Waals surface area contributed by atoms with E-state index in [1.807, 2.05) is 19.1 Å². The van der Waals surface area contributed by atoms with E-state index < -0.39 is 0 Å². The summed E-state index contributed by atoms with van der Waals surface area (Å²) in [6.07, 6.45) is 3.17. The molecule has 0 saturated heterocycles. The van der Waals surface area contributed by atoms with Gasteiger partial charge in [-0.05, 0) is 25.3 Å². The number of nitrogen functional groups attached to an aromatic ring is 1. The minimum absolute atomic E-state index is 0.0708. The van der Waals surface area contributed by atoms with Crippen LogP contribution in [0.15, 0.2) is 11.1 Å². The zero-order chi connectivity index (χ0) is 18.1. The van der Waals surface area contributed by atoms with Gasteiger partial charge in [-0.3, -0.25) is 4.79 Å². The second-order valence-electron chi connectivity index (χ2n) is 6.08. The molecule has 1 rings (SSSR count). The van der Waals surface area contributed by atoms with Crippen molar-refractivity contribution in [3.8, 4) is 12.1 Å². The molecule has 6 nitrogen and oxygen atoms in total. The Morgan fingerprint density at radius 1 is 1.29 bits per heavy atom. The Hall–Kier alpha value is -2.25. The first-order chi connectivity index (χ1) is 11.4. The summed E-state index contributed by atoms with van der Waals surface area (Å²) in [4.78, 5) is 16.1. The summed E-state index contributed by atoms with van der Waals surface area (Å²) in [5.74, 6) is 0.787. The molecule has 0 unspecified atom stereocenters. The molecular formula is C17H23N5OS. The van der Waals surface area contributed by atoms with Crippen LogP contribution in [0.5, 0.6) is 0 Å². The normalized spacial score (nSPS) is 11.6. The molecule has 1 aromatic rings. The molecule has 0 spiro atoms. The fourth-order valence-electron chi connectivity index (χ4n) is 2.14. The van der Waals surface area contributed by atoms with Crippen LogP contribution in [-0.4, -0.2) is 22.7 Å². The van der Waals surface area contributed by atoms with Gasteiger partial charge >= 0.3 is 0 Å². The van der Waals surface area contributed by atoms with Gasteiger partial charge in [0.05, 0.1) is 16.9 Å². The average Bonchev–Trinajstić information content (AvgIpc) is 2.52. The summed E-state index contributed by atoms with van der Waals surface area (Å²) in [5, 5.41) is 21.3. The van der Waals surface area contributed by atoms with Crippen LogP contribution in [0.4, 0.5) is 5.82 Å². The summed E-state index contributed by atoms with van der Waals surface area (Å²) in [6, 6.07) is 5.38. The van der Waals surface area contributed by atoms with E-state index in [1.165, 1.54) is 6.07 Å². The first-order valence-corrected chi connectivity index (χ1v) is 8.88. The Labute approximate surface area is 147 Å². The Morgan fingerprint density at radius 3 is 2.54 bits per heavy atom. The molecule has 0 bridgehead atoms. The summed E-state index contributed by atoms with van der Waals surface area (Å²) in [6.45, 7) is 6.35. The first kappa shape index (κ1) is 19.8. The van der Waals surface area contributed by atoms with E-state index in [-0.39, 0.29) is 34.6 Å². The van der Waals surface area contributed by atoms with Crippen molar-refractivity contribution in [3.63, 3.8) is 0 Å². The van der Waals surface area contributed by atoms with Gasteiger partial charge < -0.3 is 11.1 Å². The third-order valence-electron chi connectivity index (χ3n) is 3.42. The number of rotatable bonds is 8. The third-order valence-corrected chi connectivity index (χ3v) is 4.42. The van der Waals surface area contributed by atoms with E-state index in [0.717, 1.165) is 31.0 Å². The SMILES string of the molecule is CC(C)CCC[C@@H](C)NC(=O)CSc1nc(N)c(C#N)cc1C#N. The highest BCUT2D eigenvalue weighted by Crippen LogP contribution is 2.23. The largest absolute Gasteiger partial charge is 0.383 e. The monoisotopic (exact) mass is 345 g/mol.